The van der Waals surface area contributed by atoms with Crippen LogP contribution in [0.1, 0.15) is 34.3 Å². The summed E-state index contributed by atoms with van der Waals surface area (Å²) in [6, 6.07) is 6.28. The number of nitrogens with two attached hydrogens (primary N) is 1. The highest BCUT2D eigenvalue weighted by molar-refractivity contribution is 5.99. The number of ketones is 1. The number of carbonyl (C=O) groups excluding carboxylic acids is 1. The molecule has 1 aromatic carbocycles. The molecule has 1 aliphatic rings. The molecule has 2 heteroatoms. The summed E-state index contributed by atoms with van der Waals surface area (Å²) >= 11 is 0. The van der Waals surface area contributed by atoms with Crippen molar-refractivity contribution in [2.45, 2.75) is 32.7 Å². The van der Waals surface area contributed by atoms with Gasteiger partial charge in [-0.2, -0.15) is 0 Å². The normalized spacial score (nSPS) is 24.7. The molecule has 1 aromatic rings. The van der Waals surface area contributed by atoms with Crippen LogP contribution in [-0.4, -0.2) is 11.8 Å². The van der Waals surface area contributed by atoms with E-state index in [2.05, 4.69) is 0 Å². The predicted octanol–water partition coefficient (Wildman–Crippen LogP) is 2.22. The van der Waals surface area contributed by atoms with E-state index >= 15 is 0 Å². The summed E-state index contributed by atoms with van der Waals surface area (Å²) in [5.41, 5.74) is 8.80. The zero-order valence-corrected chi connectivity index (χ0v) is 9.29. The van der Waals surface area contributed by atoms with Gasteiger partial charge in [-0.05, 0) is 38.3 Å². The molecule has 0 bridgehead atoms. The molecule has 80 valence electrons. The Balaban J connectivity index is 2.22. The van der Waals surface area contributed by atoms with Crippen LogP contribution in [0.15, 0.2) is 18.2 Å². The lowest BCUT2D eigenvalue weighted by atomic mass is 9.75. The number of hydrogen-bond donors (Lipinski definition) is 1. The Kier molecular flexibility index (Phi) is 2.61. The summed E-state index contributed by atoms with van der Waals surface area (Å²) in [6.07, 6.45) is 1.71. The van der Waals surface area contributed by atoms with Crippen LogP contribution in [0, 0.1) is 19.8 Å². The average Bonchev–Trinajstić information content (AvgIpc) is 2.16. The third-order valence-electron chi connectivity index (χ3n) is 3.20. The van der Waals surface area contributed by atoms with Crippen molar-refractivity contribution >= 4 is 5.78 Å². The second-order valence-electron chi connectivity index (χ2n) is 4.61. The van der Waals surface area contributed by atoms with Gasteiger partial charge in [-0.25, -0.2) is 0 Å². The first-order valence-corrected chi connectivity index (χ1v) is 5.45. The van der Waals surface area contributed by atoms with E-state index in [1.807, 2.05) is 32.0 Å². The van der Waals surface area contributed by atoms with Crippen LogP contribution in [0.25, 0.3) is 0 Å². The van der Waals surface area contributed by atoms with Crippen LogP contribution in [-0.2, 0) is 0 Å². The molecule has 0 atom stereocenters. The van der Waals surface area contributed by atoms with Gasteiger partial charge in [0.25, 0.3) is 0 Å². The molecule has 2 N–H and O–H groups in total. The molecule has 0 radical (unpaired) electrons. The van der Waals surface area contributed by atoms with Gasteiger partial charge in [0, 0.05) is 17.5 Å². The van der Waals surface area contributed by atoms with Crippen molar-refractivity contribution in [3.05, 3.63) is 34.9 Å². The number of carbonyl (C=O) groups is 1. The molecule has 1 saturated carbocycles. The van der Waals surface area contributed by atoms with Crippen LogP contribution < -0.4 is 5.73 Å². The highest BCUT2D eigenvalue weighted by Gasteiger charge is 2.32. The van der Waals surface area contributed by atoms with E-state index in [4.69, 9.17) is 5.73 Å². The van der Waals surface area contributed by atoms with Gasteiger partial charge in [-0.3, -0.25) is 4.79 Å². The first kappa shape index (κ1) is 10.4. The molecule has 0 unspecified atom stereocenters. The molecule has 15 heavy (non-hydrogen) atoms. The molecule has 0 heterocycles. The third-order valence-corrected chi connectivity index (χ3v) is 3.20. The summed E-state index contributed by atoms with van der Waals surface area (Å²) in [4.78, 5) is 12.1. The van der Waals surface area contributed by atoms with E-state index in [0.717, 1.165) is 29.5 Å². The Labute approximate surface area is 90.5 Å². The predicted molar refractivity (Wildman–Crippen MR) is 60.9 cm³/mol. The van der Waals surface area contributed by atoms with Gasteiger partial charge >= 0.3 is 0 Å². The Morgan fingerprint density at radius 3 is 2.60 bits per heavy atom. The number of rotatable bonds is 2. The van der Waals surface area contributed by atoms with E-state index in [1.54, 1.807) is 0 Å². The first-order chi connectivity index (χ1) is 7.08. The molecule has 0 aliphatic heterocycles. The van der Waals surface area contributed by atoms with Crippen LogP contribution in [0.5, 0.6) is 0 Å². The van der Waals surface area contributed by atoms with E-state index in [1.165, 1.54) is 0 Å². The maximum Gasteiger partial charge on any atom is 0.166 e. The zero-order valence-electron chi connectivity index (χ0n) is 9.29. The molecular formula is C13H17NO. The van der Waals surface area contributed by atoms with Gasteiger partial charge in [0.05, 0.1) is 0 Å². The van der Waals surface area contributed by atoms with Crippen molar-refractivity contribution in [2.24, 2.45) is 11.7 Å². The van der Waals surface area contributed by atoms with Gasteiger partial charge in [0.2, 0.25) is 0 Å². The Hall–Kier alpha value is -1.15. The fourth-order valence-corrected chi connectivity index (χ4v) is 2.10. The second-order valence-corrected chi connectivity index (χ2v) is 4.61. The molecule has 0 amide bonds. The molecule has 0 saturated heterocycles. The van der Waals surface area contributed by atoms with E-state index in [0.29, 0.717) is 0 Å². The molecule has 0 aromatic heterocycles. The summed E-state index contributed by atoms with van der Waals surface area (Å²) in [5.74, 6) is 0.443. The minimum Gasteiger partial charge on any atom is -0.328 e. The molecule has 0 spiro atoms. The smallest absolute Gasteiger partial charge is 0.166 e. The molecule has 2 rings (SSSR count). The summed E-state index contributed by atoms with van der Waals surface area (Å²) in [7, 11) is 0. The minimum absolute atomic E-state index is 0.167. The SMILES string of the molecule is Cc1ccc(C)c(C(=O)C2CC(N)C2)c1. The van der Waals surface area contributed by atoms with Crippen LogP contribution >= 0.6 is 0 Å². The fourth-order valence-electron chi connectivity index (χ4n) is 2.10. The lowest BCUT2D eigenvalue weighted by Crippen LogP contribution is -2.40. The Morgan fingerprint density at radius 2 is 2.00 bits per heavy atom. The van der Waals surface area contributed by atoms with Gasteiger partial charge in [-0.15, -0.1) is 0 Å². The summed E-state index contributed by atoms with van der Waals surface area (Å²) < 4.78 is 0. The van der Waals surface area contributed by atoms with Gasteiger partial charge in [0.1, 0.15) is 0 Å². The van der Waals surface area contributed by atoms with E-state index < -0.39 is 0 Å². The second kappa shape index (κ2) is 3.78. The van der Waals surface area contributed by atoms with E-state index in [-0.39, 0.29) is 17.7 Å². The molecular weight excluding hydrogens is 186 g/mol. The highest BCUT2D eigenvalue weighted by atomic mass is 16.1. The van der Waals surface area contributed by atoms with E-state index in [9.17, 15) is 4.79 Å². The Morgan fingerprint density at radius 1 is 1.33 bits per heavy atom. The fraction of sp³-hybridized carbons (Fsp3) is 0.462. The molecule has 2 nitrogen and oxygen atoms in total. The lowest BCUT2D eigenvalue weighted by Gasteiger charge is -2.31. The topological polar surface area (TPSA) is 43.1 Å². The lowest BCUT2D eigenvalue weighted by molar-refractivity contribution is 0.0832. The molecule has 1 fully saturated rings. The zero-order chi connectivity index (χ0) is 11.0. The maximum atomic E-state index is 12.1. The average molecular weight is 203 g/mol. The van der Waals surface area contributed by atoms with Crippen LogP contribution in [0.3, 0.4) is 0 Å². The van der Waals surface area contributed by atoms with Crippen LogP contribution in [0.4, 0.5) is 0 Å². The van der Waals surface area contributed by atoms with Crippen molar-refractivity contribution in [1.82, 2.24) is 0 Å². The molecule has 1 aliphatic carbocycles. The summed E-state index contributed by atoms with van der Waals surface area (Å²) in [5, 5.41) is 0. The number of benzene rings is 1. The van der Waals surface area contributed by atoms with Crippen molar-refractivity contribution in [3.63, 3.8) is 0 Å². The number of Topliss-reactive ketones (excluding diaryl/α,β-unsaturated/α-hetero) is 1. The maximum absolute atomic E-state index is 12.1. The summed E-state index contributed by atoms with van der Waals surface area (Å²) in [6.45, 7) is 4.01. The van der Waals surface area contributed by atoms with Gasteiger partial charge in [0.15, 0.2) is 5.78 Å². The standard InChI is InChI=1S/C13H17NO/c1-8-3-4-9(2)12(5-8)13(15)10-6-11(14)7-10/h3-5,10-11H,6-7,14H2,1-2H3. The van der Waals surface area contributed by atoms with Gasteiger partial charge < -0.3 is 5.73 Å². The van der Waals surface area contributed by atoms with Crippen molar-refractivity contribution < 1.29 is 4.79 Å². The monoisotopic (exact) mass is 203 g/mol. The first-order valence-electron chi connectivity index (χ1n) is 5.45. The van der Waals surface area contributed by atoms with Crippen LogP contribution in [0.2, 0.25) is 0 Å². The van der Waals surface area contributed by atoms with Gasteiger partial charge in [-0.1, -0.05) is 17.7 Å². The van der Waals surface area contributed by atoms with Crippen molar-refractivity contribution in [2.75, 3.05) is 0 Å². The minimum atomic E-state index is 0.167. The Bertz CT molecular complexity index is 392. The highest BCUT2D eigenvalue weighted by Crippen LogP contribution is 2.30. The van der Waals surface area contributed by atoms with Crippen molar-refractivity contribution in [3.8, 4) is 0 Å². The largest absolute Gasteiger partial charge is 0.328 e. The quantitative estimate of drug-likeness (QED) is 0.749. The number of aryl methyl sites for hydroxylation is 2. The third kappa shape index (κ3) is 1.95. The van der Waals surface area contributed by atoms with Crippen molar-refractivity contribution in [1.29, 1.82) is 0 Å². The number of hydrogen-bond acceptors (Lipinski definition) is 2.